The second-order valence-electron chi connectivity index (χ2n) is 3.99. The lowest BCUT2D eigenvalue weighted by Gasteiger charge is -2.32. The van der Waals surface area contributed by atoms with Crippen LogP contribution in [0.15, 0.2) is 12.4 Å². The Morgan fingerprint density at radius 2 is 1.73 bits per heavy atom. The summed E-state index contributed by atoms with van der Waals surface area (Å²) in [5.41, 5.74) is 4.30. The van der Waals surface area contributed by atoms with Crippen LogP contribution in [-0.2, 0) is 0 Å². The van der Waals surface area contributed by atoms with Gasteiger partial charge >= 0.3 is 0 Å². The molecule has 1 N–H and O–H groups in total. The number of hydrogen-bond acceptors (Lipinski definition) is 5. The molecule has 0 aromatic carbocycles. The lowest BCUT2D eigenvalue weighted by molar-refractivity contribution is 0.178. The van der Waals surface area contributed by atoms with Gasteiger partial charge in [-0.25, -0.2) is 15.0 Å². The van der Waals surface area contributed by atoms with Crippen molar-refractivity contribution in [3.05, 3.63) is 18.0 Å². The minimum absolute atomic E-state index is 0.685. The average Bonchev–Trinajstić information content (AvgIpc) is 2.25. The molecule has 0 bridgehead atoms. The molecule has 0 amide bonds. The van der Waals surface area contributed by atoms with Crippen molar-refractivity contribution in [3.8, 4) is 0 Å². The van der Waals surface area contributed by atoms with Gasteiger partial charge in [0, 0.05) is 38.6 Å². The second-order valence-corrected chi connectivity index (χ2v) is 3.99. The van der Waals surface area contributed by atoms with E-state index in [1.807, 2.05) is 19.3 Å². The van der Waals surface area contributed by atoms with Gasteiger partial charge in [-0.1, -0.05) is 0 Å². The van der Waals surface area contributed by atoms with Crippen molar-refractivity contribution in [2.24, 2.45) is 0 Å². The zero-order chi connectivity index (χ0) is 10.7. The Morgan fingerprint density at radius 3 is 2.33 bits per heavy atom. The first kappa shape index (κ1) is 10.3. The zero-order valence-electron chi connectivity index (χ0n) is 9.27. The molecule has 1 aromatic rings. The second kappa shape index (κ2) is 4.55. The van der Waals surface area contributed by atoms with Gasteiger partial charge in [-0.15, -0.1) is 0 Å². The number of rotatable bonds is 2. The monoisotopic (exact) mass is 207 g/mol. The van der Waals surface area contributed by atoms with Gasteiger partial charge in [-0.05, 0) is 19.5 Å². The SMILES string of the molecule is Cc1cnc(NN2CCN(C)CC2)nc1. The molecule has 0 saturated carbocycles. The predicted octanol–water partition coefficient (Wildman–Crippen LogP) is 0.359. The lowest BCUT2D eigenvalue weighted by Crippen LogP contribution is -2.47. The van der Waals surface area contributed by atoms with Crippen LogP contribution in [0.2, 0.25) is 0 Å². The summed E-state index contributed by atoms with van der Waals surface area (Å²) in [6.45, 7) is 6.17. The molecule has 82 valence electrons. The highest BCUT2D eigenvalue weighted by atomic mass is 15.5. The molecule has 15 heavy (non-hydrogen) atoms. The summed E-state index contributed by atoms with van der Waals surface area (Å²) in [7, 11) is 2.14. The normalized spacial score (nSPS) is 19.1. The minimum Gasteiger partial charge on any atom is -0.304 e. The number of aryl methyl sites for hydroxylation is 1. The van der Waals surface area contributed by atoms with E-state index in [1.165, 1.54) is 0 Å². The number of hydrogen-bond donors (Lipinski definition) is 1. The molecule has 2 heterocycles. The summed E-state index contributed by atoms with van der Waals surface area (Å²) >= 11 is 0. The van der Waals surface area contributed by atoms with E-state index in [9.17, 15) is 0 Å². The third-order valence-electron chi connectivity index (χ3n) is 2.54. The topological polar surface area (TPSA) is 44.3 Å². The van der Waals surface area contributed by atoms with E-state index >= 15 is 0 Å². The van der Waals surface area contributed by atoms with Crippen molar-refractivity contribution in [2.45, 2.75) is 6.92 Å². The Balaban J connectivity index is 1.89. The molecule has 0 radical (unpaired) electrons. The van der Waals surface area contributed by atoms with E-state index in [0.717, 1.165) is 31.7 Å². The molecule has 5 nitrogen and oxygen atoms in total. The smallest absolute Gasteiger partial charge is 0.237 e. The lowest BCUT2D eigenvalue weighted by atomic mass is 10.4. The molecule has 0 spiro atoms. The van der Waals surface area contributed by atoms with Gasteiger partial charge in [0.25, 0.3) is 0 Å². The van der Waals surface area contributed by atoms with Gasteiger partial charge in [0.15, 0.2) is 0 Å². The minimum atomic E-state index is 0.685. The first-order chi connectivity index (χ1) is 7.24. The zero-order valence-corrected chi connectivity index (χ0v) is 9.27. The van der Waals surface area contributed by atoms with Crippen LogP contribution in [0.4, 0.5) is 5.95 Å². The Kier molecular flexibility index (Phi) is 3.13. The fraction of sp³-hybridized carbons (Fsp3) is 0.600. The molecule has 1 fully saturated rings. The molecular formula is C10H17N5. The number of aromatic nitrogens is 2. The van der Waals surface area contributed by atoms with Crippen LogP contribution in [0.3, 0.4) is 0 Å². The van der Waals surface area contributed by atoms with Gasteiger partial charge in [-0.2, -0.15) is 0 Å². The molecule has 2 rings (SSSR count). The van der Waals surface area contributed by atoms with Crippen LogP contribution in [0.25, 0.3) is 0 Å². The molecule has 1 aromatic heterocycles. The summed E-state index contributed by atoms with van der Waals surface area (Å²) < 4.78 is 0. The van der Waals surface area contributed by atoms with Crippen molar-refractivity contribution in [1.29, 1.82) is 0 Å². The highest BCUT2D eigenvalue weighted by molar-refractivity contribution is 5.22. The van der Waals surface area contributed by atoms with Crippen LogP contribution in [0.5, 0.6) is 0 Å². The van der Waals surface area contributed by atoms with E-state index in [2.05, 4.69) is 32.4 Å². The van der Waals surface area contributed by atoms with Gasteiger partial charge in [0.05, 0.1) is 0 Å². The predicted molar refractivity (Wildman–Crippen MR) is 59.5 cm³/mol. The number of likely N-dealkylation sites (N-methyl/N-ethyl adjacent to an activating group) is 1. The van der Waals surface area contributed by atoms with E-state index in [-0.39, 0.29) is 0 Å². The quantitative estimate of drug-likeness (QED) is 0.758. The summed E-state index contributed by atoms with van der Waals surface area (Å²) in [5, 5.41) is 2.16. The van der Waals surface area contributed by atoms with Crippen molar-refractivity contribution in [2.75, 3.05) is 38.7 Å². The van der Waals surface area contributed by atoms with E-state index in [4.69, 9.17) is 0 Å². The van der Waals surface area contributed by atoms with Gasteiger partial charge < -0.3 is 4.90 Å². The fourth-order valence-electron chi connectivity index (χ4n) is 1.51. The number of anilines is 1. The van der Waals surface area contributed by atoms with Crippen molar-refractivity contribution in [3.63, 3.8) is 0 Å². The van der Waals surface area contributed by atoms with Gasteiger partial charge in [0.1, 0.15) is 0 Å². The largest absolute Gasteiger partial charge is 0.304 e. The Hall–Kier alpha value is -1.20. The molecule has 1 aliphatic rings. The third-order valence-corrected chi connectivity index (χ3v) is 2.54. The van der Waals surface area contributed by atoms with Crippen LogP contribution in [0.1, 0.15) is 5.56 Å². The Labute approximate surface area is 90.1 Å². The number of nitrogens with zero attached hydrogens (tertiary/aromatic N) is 4. The fourth-order valence-corrected chi connectivity index (χ4v) is 1.51. The van der Waals surface area contributed by atoms with Crippen LogP contribution < -0.4 is 5.43 Å². The van der Waals surface area contributed by atoms with Crippen LogP contribution in [-0.4, -0.2) is 53.1 Å². The van der Waals surface area contributed by atoms with Crippen LogP contribution >= 0.6 is 0 Å². The van der Waals surface area contributed by atoms with E-state index < -0.39 is 0 Å². The highest BCUT2D eigenvalue weighted by Gasteiger charge is 2.13. The molecule has 5 heteroatoms. The molecule has 0 unspecified atom stereocenters. The van der Waals surface area contributed by atoms with Gasteiger partial charge in [0.2, 0.25) is 5.95 Å². The average molecular weight is 207 g/mol. The van der Waals surface area contributed by atoms with Gasteiger partial charge in [-0.3, -0.25) is 5.43 Å². The first-order valence-corrected chi connectivity index (χ1v) is 5.23. The maximum absolute atomic E-state index is 4.21. The maximum Gasteiger partial charge on any atom is 0.237 e. The molecule has 1 saturated heterocycles. The number of hydrazine groups is 1. The summed E-state index contributed by atoms with van der Waals surface area (Å²) in [6.07, 6.45) is 3.65. The Bertz CT molecular complexity index is 302. The maximum atomic E-state index is 4.21. The van der Waals surface area contributed by atoms with E-state index in [1.54, 1.807) is 0 Å². The number of piperazine rings is 1. The molecular weight excluding hydrogens is 190 g/mol. The van der Waals surface area contributed by atoms with E-state index in [0.29, 0.717) is 5.95 Å². The molecule has 0 atom stereocenters. The summed E-state index contributed by atoms with van der Waals surface area (Å²) in [5.74, 6) is 0.685. The van der Waals surface area contributed by atoms with Crippen molar-refractivity contribution >= 4 is 5.95 Å². The Morgan fingerprint density at radius 1 is 1.13 bits per heavy atom. The highest BCUT2D eigenvalue weighted by Crippen LogP contribution is 2.03. The standard InChI is InChI=1S/C10H17N5/c1-9-7-11-10(12-8-9)13-15-5-3-14(2)4-6-15/h7-8H,3-6H2,1-2H3,(H,11,12,13). The molecule has 1 aliphatic heterocycles. The molecule has 0 aliphatic carbocycles. The summed E-state index contributed by atoms with van der Waals surface area (Å²) in [6, 6.07) is 0. The van der Waals surface area contributed by atoms with Crippen LogP contribution in [0, 0.1) is 6.92 Å². The summed E-state index contributed by atoms with van der Waals surface area (Å²) in [4.78, 5) is 10.7. The number of nitrogens with one attached hydrogen (secondary N) is 1. The van der Waals surface area contributed by atoms with Crippen molar-refractivity contribution in [1.82, 2.24) is 19.9 Å². The first-order valence-electron chi connectivity index (χ1n) is 5.23. The third kappa shape index (κ3) is 2.87. The van der Waals surface area contributed by atoms with Crippen molar-refractivity contribution < 1.29 is 0 Å².